The zero-order valence-corrected chi connectivity index (χ0v) is 14.7. The van der Waals surface area contributed by atoms with Crippen LogP contribution in [0.5, 0.6) is 0 Å². The van der Waals surface area contributed by atoms with Gasteiger partial charge in [0.05, 0.1) is 17.9 Å². The molecule has 23 heavy (non-hydrogen) atoms. The van der Waals surface area contributed by atoms with Crippen LogP contribution in [0.2, 0.25) is 0 Å². The topological polar surface area (TPSA) is 52.9 Å². The molecule has 3 nitrogen and oxygen atoms in total. The average Bonchev–Trinajstić information content (AvgIpc) is 2.47. The van der Waals surface area contributed by atoms with Gasteiger partial charge in [-0.05, 0) is 68.1 Å². The van der Waals surface area contributed by atoms with Crippen molar-refractivity contribution in [3.63, 3.8) is 0 Å². The van der Waals surface area contributed by atoms with Crippen LogP contribution in [-0.4, -0.2) is 10.2 Å². The van der Waals surface area contributed by atoms with Crippen LogP contribution in [0, 0.1) is 28.6 Å². The van der Waals surface area contributed by atoms with Crippen molar-refractivity contribution in [1.29, 1.82) is 5.26 Å². The lowest BCUT2D eigenvalue weighted by molar-refractivity contribution is -0.138. The molecule has 1 aromatic carbocycles. The maximum atomic E-state index is 13.0. The highest BCUT2D eigenvalue weighted by Crippen LogP contribution is 2.64. The zero-order chi connectivity index (χ0) is 16.1. The summed E-state index contributed by atoms with van der Waals surface area (Å²) in [4.78, 5) is 13.0. The molecule has 4 aliphatic rings. The number of nitrogens with zero attached hydrogens (tertiary/aromatic N) is 1. The Morgan fingerprint density at radius 1 is 1.22 bits per heavy atom. The van der Waals surface area contributed by atoms with E-state index < -0.39 is 0 Å². The summed E-state index contributed by atoms with van der Waals surface area (Å²) < 4.78 is 0.199. The van der Waals surface area contributed by atoms with Gasteiger partial charge in [0.2, 0.25) is 5.91 Å². The van der Waals surface area contributed by atoms with Gasteiger partial charge >= 0.3 is 0 Å². The highest BCUT2D eigenvalue weighted by atomic mass is 79.9. The smallest absolute Gasteiger partial charge is 0.230 e. The summed E-state index contributed by atoms with van der Waals surface area (Å²) in [5, 5.41) is 11.9. The molecule has 2 unspecified atom stereocenters. The number of rotatable bonds is 3. The Bertz CT molecular complexity index is 662. The zero-order valence-electron chi connectivity index (χ0n) is 13.1. The Labute approximate surface area is 145 Å². The number of anilines is 1. The van der Waals surface area contributed by atoms with E-state index in [0.717, 1.165) is 30.5 Å². The van der Waals surface area contributed by atoms with Crippen molar-refractivity contribution in [3.8, 4) is 6.07 Å². The number of nitriles is 1. The molecule has 1 aromatic rings. The molecule has 2 atom stereocenters. The van der Waals surface area contributed by atoms with E-state index in [1.54, 1.807) is 0 Å². The van der Waals surface area contributed by atoms with E-state index in [4.69, 9.17) is 5.26 Å². The molecule has 1 amide bonds. The van der Waals surface area contributed by atoms with Crippen LogP contribution in [0.15, 0.2) is 24.3 Å². The van der Waals surface area contributed by atoms with Gasteiger partial charge in [0.1, 0.15) is 0 Å². The molecule has 120 valence electrons. The second-order valence-corrected chi connectivity index (χ2v) is 9.56. The van der Waals surface area contributed by atoms with E-state index in [1.165, 1.54) is 19.3 Å². The van der Waals surface area contributed by atoms with Crippen molar-refractivity contribution < 1.29 is 4.79 Å². The number of amides is 1. The third-order valence-electron chi connectivity index (χ3n) is 5.97. The van der Waals surface area contributed by atoms with Crippen LogP contribution < -0.4 is 5.32 Å². The average molecular weight is 373 g/mol. The number of nitrogens with one attached hydrogen (secondary N) is 1. The fourth-order valence-corrected chi connectivity index (χ4v) is 6.93. The number of carbonyl (C=O) groups is 1. The number of alkyl halides is 1. The lowest BCUT2D eigenvalue weighted by Crippen LogP contribution is -2.57. The molecule has 0 radical (unpaired) electrons. The number of carbonyl (C=O) groups excluding carboxylic acids is 1. The Hall–Kier alpha value is -1.34. The first-order valence-electron chi connectivity index (χ1n) is 8.47. The van der Waals surface area contributed by atoms with Gasteiger partial charge in [-0.25, -0.2) is 0 Å². The van der Waals surface area contributed by atoms with Crippen molar-refractivity contribution in [2.24, 2.45) is 17.3 Å². The second kappa shape index (κ2) is 5.34. The summed E-state index contributed by atoms with van der Waals surface area (Å²) in [5.41, 5.74) is 1.65. The largest absolute Gasteiger partial charge is 0.326 e. The third-order valence-corrected chi connectivity index (χ3v) is 6.89. The number of benzene rings is 1. The Kier molecular flexibility index (Phi) is 3.53. The summed E-state index contributed by atoms with van der Waals surface area (Å²) in [6, 6.07) is 9.81. The lowest BCUT2D eigenvalue weighted by atomic mass is 9.49. The van der Waals surface area contributed by atoms with Crippen molar-refractivity contribution in [2.45, 2.75) is 49.3 Å². The lowest BCUT2D eigenvalue weighted by Gasteiger charge is -2.59. The summed E-state index contributed by atoms with van der Waals surface area (Å²) >= 11 is 3.96. The van der Waals surface area contributed by atoms with Crippen molar-refractivity contribution in [3.05, 3.63) is 29.8 Å². The Balaban J connectivity index is 1.52. The molecule has 4 fully saturated rings. The van der Waals surface area contributed by atoms with E-state index >= 15 is 0 Å². The Morgan fingerprint density at radius 3 is 2.43 bits per heavy atom. The highest BCUT2D eigenvalue weighted by molar-refractivity contribution is 9.10. The van der Waals surface area contributed by atoms with Gasteiger partial charge in [0, 0.05) is 10.0 Å². The van der Waals surface area contributed by atoms with E-state index in [9.17, 15) is 4.79 Å². The molecule has 4 aliphatic carbocycles. The first-order valence-corrected chi connectivity index (χ1v) is 9.26. The quantitative estimate of drug-likeness (QED) is 0.798. The first kappa shape index (κ1) is 15.2. The maximum Gasteiger partial charge on any atom is 0.230 e. The summed E-state index contributed by atoms with van der Waals surface area (Å²) in [5.74, 6) is 1.61. The molecule has 1 N–H and O–H groups in total. The first-order chi connectivity index (χ1) is 11.0. The molecule has 0 spiro atoms. The van der Waals surface area contributed by atoms with Crippen molar-refractivity contribution in [2.75, 3.05) is 5.32 Å². The molecule has 0 saturated heterocycles. The second-order valence-electron chi connectivity index (χ2n) is 7.88. The van der Waals surface area contributed by atoms with Gasteiger partial charge in [-0.2, -0.15) is 5.26 Å². The van der Waals surface area contributed by atoms with Gasteiger partial charge < -0.3 is 5.32 Å². The van der Waals surface area contributed by atoms with Crippen molar-refractivity contribution in [1.82, 2.24) is 0 Å². The SMILES string of the molecule is N#CCc1ccc(NC(=O)C23CC4CC(CC(Br)(C4)C2)C3)cc1. The third kappa shape index (κ3) is 2.70. The standard InChI is InChI=1S/C19H21BrN2O/c20-19-10-14-7-15(11-19)9-18(8-14,12-19)17(23)22-16-3-1-13(2-4-16)5-6-21/h1-4,14-15H,5,7-12H2,(H,22,23). The highest BCUT2D eigenvalue weighted by Gasteiger charge is 2.59. The van der Waals surface area contributed by atoms with E-state index in [-0.39, 0.29) is 15.6 Å². The predicted octanol–water partition coefficient (Wildman–Crippen LogP) is 4.43. The molecule has 4 heteroatoms. The molecule has 5 rings (SSSR count). The van der Waals surface area contributed by atoms with Crippen LogP contribution in [0.3, 0.4) is 0 Å². The minimum Gasteiger partial charge on any atom is -0.326 e. The molecule has 4 bridgehead atoms. The van der Waals surface area contributed by atoms with Crippen LogP contribution >= 0.6 is 15.9 Å². The molecule has 0 aromatic heterocycles. The van der Waals surface area contributed by atoms with Crippen LogP contribution in [0.1, 0.15) is 44.1 Å². The minimum atomic E-state index is -0.182. The number of hydrogen-bond acceptors (Lipinski definition) is 2. The normalized spacial score (nSPS) is 37.4. The fourth-order valence-electron chi connectivity index (χ4n) is 5.48. The van der Waals surface area contributed by atoms with Gasteiger partial charge in [0.25, 0.3) is 0 Å². The van der Waals surface area contributed by atoms with E-state index in [1.807, 2.05) is 24.3 Å². The molecule has 0 aliphatic heterocycles. The van der Waals surface area contributed by atoms with Crippen LogP contribution in [0.4, 0.5) is 5.69 Å². The molecular weight excluding hydrogens is 352 g/mol. The van der Waals surface area contributed by atoms with Crippen molar-refractivity contribution >= 4 is 27.5 Å². The van der Waals surface area contributed by atoms with E-state index in [2.05, 4.69) is 27.3 Å². The van der Waals surface area contributed by atoms with Crippen LogP contribution in [0.25, 0.3) is 0 Å². The molecular formula is C19H21BrN2O. The summed E-state index contributed by atoms with van der Waals surface area (Å²) in [7, 11) is 0. The maximum absolute atomic E-state index is 13.0. The van der Waals surface area contributed by atoms with Gasteiger partial charge in [-0.1, -0.05) is 28.1 Å². The monoisotopic (exact) mass is 372 g/mol. The summed E-state index contributed by atoms with van der Waals surface area (Å²) in [6.07, 6.45) is 7.28. The van der Waals surface area contributed by atoms with Gasteiger partial charge in [0.15, 0.2) is 0 Å². The van der Waals surface area contributed by atoms with Crippen LogP contribution in [-0.2, 0) is 11.2 Å². The predicted molar refractivity (Wildman–Crippen MR) is 93.2 cm³/mol. The molecule has 4 saturated carbocycles. The van der Waals surface area contributed by atoms with E-state index in [0.29, 0.717) is 18.3 Å². The Morgan fingerprint density at radius 2 is 1.87 bits per heavy atom. The summed E-state index contributed by atoms with van der Waals surface area (Å²) in [6.45, 7) is 0. The van der Waals surface area contributed by atoms with Gasteiger partial charge in [-0.3, -0.25) is 4.79 Å². The molecule has 0 heterocycles. The minimum absolute atomic E-state index is 0.182. The van der Waals surface area contributed by atoms with Gasteiger partial charge in [-0.15, -0.1) is 0 Å². The number of hydrogen-bond donors (Lipinski definition) is 1. The number of halogens is 1. The fraction of sp³-hybridized carbons (Fsp3) is 0.579.